The summed E-state index contributed by atoms with van der Waals surface area (Å²) in [5, 5.41) is 10.8. The summed E-state index contributed by atoms with van der Waals surface area (Å²) in [5.74, 6) is 0.251. The van der Waals surface area contributed by atoms with Gasteiger partial charge < -0.3 is 15.2 Å². The third kappa shape index (κ3) is 4.01. The fraction of sp³-hybridized carbons (Fsp3) is 0.455. The van der Waals surface area contributed by atoms with Crippen molar-refractivity contribution in [1.29, 1.82) is 0 Å². The first kappa shape index (κ1) is 13.4. The van der Waals surface area contributed by atoms with E-state index in [2.05, 4.69) is 0 Å². The van der Waals surface area contributed by atoms with Crippen LogP contribution in [-0.2, 0) is 11.3 Å². The Balaban J connectivity index is 2.68. The molecule has 0 heterocycles. The summed E-state index contributed by atoms with van der Waals surface area (Å²) in [5.41, 5.74) is 6.02. The number of nitro benzene ring substituents is 1. The van der Waals surface area contributed by atoms with Crippen LogP contribution in [0.5, 0.6) is 5.75 Å². The second-order valence-electron chi connectivity index (χ2n) is 3.46. The van der Waals surface area contributed by atoms with Crippen molar-refractivity contribution in [3.8, 4) is 5.75 Å². The predicted octanol–water partition coefficient (Wildman–Crippen LogP) is 1.47. The van der Waals surface area contributed by atoms with Crippen molar-refractivity contribution in [2.24, 2.45) is 5.73 Å². The van der Waals surface area contributed by atoms with Gasteiger partial charge in [-0.1, -0.05) is 6.07 Å². The fourth-order valence-corrected chi connectivity index (χ4v) is 1.34. The Hall–Kier alpha value is -1.66. The normalized spacial score (nSPS) is 10.2. The lowest BCUT2D eigenvalue weighted by molar-refractivity contribution is -0.385. The molecular weight excluding hydrogens is 224 g/mol. The minimum Gasteiger partial charge on any atom is -0.490 e. The van der Waals surface area contributed by atoms with Crippen LogP contribution in [-0.4, -0.2) is 25.2 Å². The third-order valence-corrected chi connectivity index (χ3v) is 2.20. The lowest BCUT2D eigenvalue weighted by atomic mass is 10.2. The van der Waals surface area contributed by atoms with Crippen LogP contribution in [0.3, 0.4) is 0 Å². The van der Waals surface area contributed by atoms with E-state index >= 15 is 0 Å². The Morgan fingerprint density at radius 1 is 1.47 bits per heavy atom. The summed E-state index contributed by atoms with van der Waals surface area (Å²) >= 11 is 0. The van der Waals surface area contributed by atoms with Gasteiger partial charge in [0.2, 0.25) is 0 Å². The molecular formula is C11H16N2O4. The van der Waals surface area contributed by atoms with Crippen molar-refractivity contribution in [3.63, 3.8) is 0 Å². The van der Waals surface area contributed by atoms with E-state index in [1.54, 1.807) is 12.1 Å². The molecule has 17 heavy (non-hydrogen) atoms. The van der Waals surface area contributed by atoms with Gasteiger partial charge in [0.25, 0.3) is 0 Å². The van der Waals surface area contributed by atoms with Gasteiger partial charge in [-0.15, -0.1) is 0 Å². The second kappa shape index (κ2) is 6.82. The molecule has 0 saturated carbocycles. The van der Waals surface area contributed by atoms with E-state index in [-0.39, 0.29) is 11.4 Å². The number of rotatable bonds is 7. The lowest BCUT2D eigenvalue weighted by Crippen LogP contribution is -2.04. The molecule has 0 atom stereocenters. The van der Waals surface area contributed by atoms with Gasteiger partial charge in [0, 0.05) is 12.7 Å². The Bertz CT molecular complexity index is 382. The standard InChI is InChI=1S/C11H16N2O4/c1-16-11-4-3-9(7-10(11)13(14)15)8-17-6-2-5-12/h3-4,7H,2,5-6,8,12H2,1H3. The molecule has 1 aromatic carbocycles. The number of ether oxygens (including phenoxy) is 2. The third-order valence-electron chi connectivity index (χ3n) is 2.20. The van der Waals surface area contributed by atoms with Crippen molar-refractivity contribution in [3.05, 3.63) is 33.9 Å². The number of methoxy groups -OCH3 is 1. The van der Waals surface area contributed by atoms with Gasteiger partial charge >= 0.3 is 5.69 Å². The number of hydrogen-bond donors (Lipinski definition) is 1. The molecule has 1 aromatic rings. The van der Waals surface area contributed by atoms with Crippen molar-refractivity contribution < 1.29 is 14.4 Å². The van der Waals surface area contributed by atoms with Gasteiger partial charge in [-0.25, -0.2) is 0 Å². The summed E-state index contributed by atoms with van der Waals surface area (Å²) in [6.07, 6.45) is 0.776. The van der Waals surface area contributed by atoms with Crippen LogP contribution in [0, 0.1) is 10.1 Å². The molecule has 0 aliphatic rings. The van der Waals surface area contributed by atoms with Gasteiger partial charge in [0.15, 0.2) is 5.75 Å². The molecule has 6 heteroatoms. The molecule has 6 nitrogen and oxygen atoms in total. The zero-order chi connectivity index (χ0) is 12.7. The van der Waals surface area contributed by atoms with Crippen LogP contribution in [0.4, 0.5) is 5.69 Å². The zero-order valence-electron chi connectivity index (χ0n) is 9.72. The highest BCUT2D eigenvalue weighted by molar-refractivity contribution is 5.48. The molecule has 0 fully saturated rings. The molecule has 0 aliphatic carbocycles. The average molecular weight is 240 g/mol. The van der Waals surface area contributed by atoms with Crippen LogP contribution in [0.1, 0.15) is 12.0 Å². The summed E-state index contributed by atoms with van der Waals surface area (Å²) in [6, 6.07) is 4.77. The highest BCUT2D eigenvalue weighted by atomic mass is 16.6. The highest BCUT2D eigenvalue weighted by Crippen LogP contribution is 2.27. The van der Waals surface area contributed by atoms with E-state index in [9.17, 15) is 10.1 Å². The molecule has 2 N–H and O–H groups in total. The molecule has 0 bridgehead atoms. The van der Waals surface area contributed by atoms with Crippen molar-refractivity contribution >= 4 is 5.69 Å². The number of benzene rings is 1. The number of hydrogen-bond acceptors (Lipinski definition) is 5. The number of nitrogens with zero attached hydrogens (tertiary/aromatic N) is 1. The monoisotopic (exact) mass is 240 g/mol. The maximum absolute atomic E-state index is 10.8. The highest BCUT2D eigenvalue weighted by Gasteiger charge is 2.14. The first-order valence-corrected chi connectivity index (χ1v) is 5.28. The van der Waals surface area contributed by atoms with Crippen LogP contribution >= 0.6 is 0 Å². The van der Waals surface area contributed by atoms with Gasteiger partial charge in [-0.3, -0.25) is 10.1 Å². The second-order valence-corrected chi connectivity index (χ2v) is 3.46. The Morgan fingerprint density at radius 2 is 2.24 bits per heavy atom. The van der Waals surface area contributed by atoms with Gasteiger partial charge in [-0.05, 0) is 24.6 Å². The topological polar surface area (TPSA) is 87.6 Å². The largest absolute Gasteiger partial charge is 0.490 e. The minimum absolute atomic E-state index is 0.0487. The van der Waals surface area contributed by atoms with Gasteiger partial charge in [-0.2, -0.15) is 0 Å². The molecule has 0 aliphatic heterocycles. The first-order chi connectivity index (χ1) is 8.19. The Labute approximate surface area is 99.5 Å². The van der Waals surface area contributed by atoms with E-state index in [0.717, 1.165) is 12.0 Å². The van der Waals surface area contributed by atoms with E-state index in [4.69, 9.17) is 15.2 Å². The maximum Gasteiger partial charge on any atom is 0.311 e. The summed E-state index contributed by atoms with van der Waals surface area (Å²) in [6.45, 7) is 1.46. The summed E-state index contributed by atoms with van der Waals surface area (Å²) in [7, 11) is 1.40. The average Bonchev–Trinajstić information content (AvgIpc) is 2.34. The van der Waals surface area contributed by atoms with Crippen molar-refractivity contribution in [2.45, 2.75) is 13.0 Å². The molecule has 0 radical (unpaired) electrons. The van der Waals surface area contributed by atoms with Crippen LogP contribution in [0.2, 0.25) is 0 Å². The molecule has 0 amide bonds. The maximum atomic E-state index is 10.8. The lowest BCUT2D eigenvalue weighted by Gasteiger charge is -2.05. The number of nitro groups is 1. The molecule has 0 saturated heterocycles. The van der Waals surface area contributed by atoms with Gasteiger partial charge in [0.05, 0.1) is 18.6 Å². The summed E-state index contributed by atoms with van der Waals surface area (Å²) < 4.78 is 10.2. The van der Waals surface area contributed by atoms with Crippen molar-refractivity contribution in [2.75, 3.05) is 20.3 Å². The minimum atomic E-state index is -0.470. The van der Waals surface area contributed by atoms with E-state index in [1.165, 1.54) is 13.2 Å². The zero-order valence-corrected chi connectivity index (χ0v) is 9.72. The van der Waals surface area contributed by atoms with E-state index < -0.39 is 4.92 Å². The molecule has 94 valence electrons. The quantitative estimate of drug-likeness (QED) is 0.443. The van der Waals surface area contributed by atoms with Crippen LogP contribution < -0.4 is 10.5 Å². The van der Waals surface area contributed by atoms with Crippen LogP contribution in [0.25, 0.3) is 0 Å². The molecule has 0 unspecified atom stereocenters. The SMILES string of the molecule is COc1ccc(COCCCN)cc1[N+](=O)[O-]. The Kier molecular flexibility index (Phi) is 5.38. The molecule has 0 aromatic heterocycles. The summed E-state index contributed by atoms with van der Waals surface area (Å²) in [4.78, 5) is 10.3. The predicted molar refractivity (Wildman–Crippen MR) is 63.0 cm³/mol. The first-order valence-electron chi connectivity index (χ1n) is 5.28. The van der Waals surface area contributed by atoms with E-state index in [1.807, 2.05) is 0 Å². The van der Waals surface area contributed by atoms with Gasteiger partial charge in [0.1, 0.15) is 0 Å². The molecule has 0 spiro atoms. The fourth-order valence-electron chi connectivity index (χ4n) is 1.34. The van der Waals surface area contributed by atoms with Crippen LogP contribution in [0.15, 0.2) is 18.2 Å². The molecule has 1 rings (SSSR count). The van der Waals surface area contributed by atoms with Crippen molar-refractivity contribution in [1.82, 2.24) is 0 Å². The number of nitrogens with two attached hydrogens (primary N) is 1. The van der Waals surface area contributed by atoms with E-state index in [0.29, 0.717) is 19.8 Å². The smallest absolute Gasteiger partial charge is 0.311 e. The Morgan fingerprint density at radius 3 is 2.82 bits per heavy atom.